The summed E-state index contributed by atoms with van der Waals surface area (Å²) in [6, 6.07) is 6.62. The van der Waals surface area contributed by atoms with Crippen molar-refractivity contribution in [1.82, 2.24) is 10.2 Å². The van der Waals surface area contributed by atoms with Gasteiger partial charge < -0.3 is 15.0 Å². The van der Waals surface area contributed by atoms with Crippen LogP contribution in [0.4, 0.5) is 4.39 Å². The number of thioether (sulfide) groups is 1. The number of ether oxygens (including phenoxy) is 1. The molecule has 2 saturated heterocycles. The summed E-state index contributed by atoms with van der Waals surface area (Å²) >= 11 is 1.90. The van der Waals surface area contributed by atoms with Crippen LogP contribution in [-0.4, -0.2) is 54.1 Å². The molecule has 0 radical (unpaired) electrons. The summed E-state index contributed by atoms with van der Waals surface area (Å²) in [5.74, 6) is 2.03. The van der Waals surface area contributed by atoms with E-state index < -0.39 is 0 Å². The molecule has 0 bridgehead atoms. The van der Waals surface area contributed by atoms with Crippen molar-refractivity contribution in [1.29, 1.82) is 0 Å². The van der Waals surface area contributed by atoms with Gasteiger partial charge >= 0.3 is 0 Å². The summed E-state index contributed by atoms with van der Waals surface area (Å²) in [5, 5.41) is 3.41. The minimum atomic E-state index is -0.258. The van der Waals surface area contributed by atoms with Crippen LogP contribution in [-0.2, 0) is 9.53 Å². The molecule has 24 heavy (non-hydrogen) atoms. The van der Waals surface area contributed by atoms with Gasteiger partial charge in [0.15, 0.2) is 0 Å². The minimum Gasteiger partial charge on any atom is -0.367 e. The molecule has 0 aromatic heterocycles. The number of carbonyl (C=O) groups is 1. The zero-order valence-electron chi connectivity index (χ0n) is 13.7. The van der Waals surface area contributed by atoms with E-state index >= 15 is 0 Å². The molecular weight excluding hydrogens is 351 g/mol. The summed E-state index contributed by atoms with van der Waals surface area (Å²) in [5.41, 5.74) is 0.919. The van der Waals surface area contributed by atoms with Crippen molar-refractivity contribution < 1.29 is 13.9 Å². The summed E-state index contributed by atoms with van der Waals surface area (Å²) in [6.07, 6.45) is 0.337. The van der Waals surface area contributed by atoms with Crippen molar-refractivity contribution in [2.24, 2.45) is 0 Å². The molecule has 2 heterocycles. The first-order valence-corrected chi connectivity index (χ1v) is 9.27. The fourth-order valence-corrected chi connectivity index (χ4v) is 4.06. The van der Waals surface area contributed by atoms with Gasteiger partial charge in [0.25, 0.3) is 0 Å². The third-order valence-electron chi connectivity index (χ3n) is 4.27. The molecule has 2 fully saturated rings. The molecule has 7 heteroatoms. The Morgan fingerprint density at radius 1 is 1.38 bits per heavy atom. The molecule has 1 N–H and O–H groups in total. The van der Waals surface area contributed by atoms with E-state index in [-0.39, 0.29) is 42.4 Å². The van der Waals surface area contributed by atoms with E-state index in [1.54, 1.807) is 12.1 Å². The quantitative estimate of drug-likeness (QED) is 0.883. The van der Waals surface area contributed by atoms with Crippen LogP contribution in [0.15, 0.2) is 24.3 Å². The minimum absolute atomic E-state index is 0. The first kappa shape index (κ1) is 19.5. The van der Waals surface area contributed by atoms with Crippen LogP contribution in [0.2, 0.25) is 0 Å². The average molecular weight is 375 g/mol. The van der Waals surface area contributed by atoms with Gasteiger partial charge in [-0.25, -0.2) is 4.39 Å². The zero-order chi connectivity index (χ0) is 16.2. The van der Waals surface area contributed by atoms with Crippen molar-refractivity contribution in [3.8, 4) is 0 Å². The molecule has 4 nitrogen and oxygen atoms in total. The van der Waals surface area contributed by atoms with Gasteiger partial charge in [0.2, 0.25) is 5.91 Å². The SMILES string of the molecule is CC1CN(C(=O)CC2CSCCN2)CC(c2ccc(F)cc2)O1.Cl. The largest absolute Gasteiger partial charge is 0.367 e. The maximum Gasteiger partial charge on any atom is 0.224 e. The Bertz CT molecular complexity index is 540. The predicted octanol–water partition coefficient (Wildman–Crippen LogP) is 2.63. The van der Waals surface area contributed by atoms with Crippen LogP contribution >= 0.6 is 24.2 Å². The molecule has 0 aliphatic carbocycles. The van der Waals surface area contributed by atoms with E-state index in [9.17, 15) is 9.18 Å². The lowest BCUT2D eigenvalue weighted by molar-refractivity contribution is -0.145. The van der Waals surface area contributed by atoms with Gasteiger partial charge in [0.05, 0.1) is 12.6 Å². The molecule has 3 unspecified atom stereocenters. The first-order chi connectivity index (χ1) is 11.1. The lowest BCUT2D eigenvalue weighted by atomic mass is 10.1. The fourth-order valence-electron chi connectivity index (χ4n) is 3.11. The van der Waals surface area contributed by atoms with Crippen molar-refractivity contribution in [3.63, 3.8) is 0 Å². The van der Waals surface area contributed by atoms with Gasteiger partial charge in [-0.1, -0.05) is 12.1 Å². The van der Waals surface area contributed by atoms with E-state index in [0.717, 1.165) is 23.6 Å². The van der Waals surface area contributed by atoms with Gasteiger partial charge in [-0.3, -0.25) is 4.79 Å². The molecule has 2 aliphatic rings. The van der Waals surface area contributed by atoms with Crippen LogP contribution in [0.3, 0.4) is 0 Å². The Morgan fingerprint density at radius 3 is 2.79 bits per heavy atom. The standard InChI is InChI=1S/C17H23FN2O2S.ClH/c1-12-9-20(17(21)8-15-11-23-7-6-19-15)10-16(22-12)13-2-4-14(18)5-3-13;/h2-5,12,15-16,19H,6-11H2,1H3;1H. The molecule has 0 saturated carbocycles. The number of benzene rings is 1. The highest BCUT2D eigenvalue weighted by Crippen LogP contribution is 2.26. The molecule has 1 aromatic rings. The van der Waals surface area contributed by atoms with E-state index in [1.807, 2.05) is 23.6 Å². The van der Waals surface area contributed by atoms with Crippen molar-refractivity contribution >= 4 is 30.1 Å². The molecule has 1 aromatic carbocycles. The van der Waals surface area contributed by atoms with Crippen molar-refractivity contribution in [2.45, 2.75) is 31.6 Å². The smallest absolute Gasteiger partial charge is 0.224 e. The monoisotopic (exact) mass is 374 g/mol. The Balaban J connectivity index is 0.00000208. The van der Waals surface area contributed by atoms with Gasteiger partial charge in [-0.05, 0) is 24.6 Å². The zero-order valence-corrected chi connectivity index (χ0v) is 15.4. The number of halogens is 2. The molecule has 0 spiro atoms. The Hall–Kier alpha value is -0.820. The second-order valence-corrected chi connectivity index (χ2v) is 7.37. The number of morpholine rings is 1. The van der Waals surface area contributed by atoms with Gasteiger partial charge in [0, 0.05) is 37.1 Å². The lowest BCUT2D eigenvalue weighted by Crippen LogP contribution is -2.48. The Kier molecular flexibility index (Phi) is 7.34. The highest BCUT2D eigenvalue weighted by molar-refractivity contribution is 7.99. The maximum absolute atomic E-state index is 13.1. The number of nitrogens with zero attached hydrogens (tertiary/aromatic N) is 1. The van der Waals surface area contributed by atoms with E-state index in [2.05, 4.69) is 5.32 Å². The second kappa shape index (κ2) is 9.04. The normalized spacial score (nSPS) is 27.4. The average Bonchev–Trinajstić information content (AvgIpc) is 2.56. The number of rotatable bonds is 3. The predicted molar refractivity (Wildman–Crippen MR) is 97.2 cm³/mol. The van der Waals surface area contributed by atoms with Crippen LogP contribution in [0.25, 0.3) is 0 Å². The van der Waals surface area contributed by atoms with Crippen LogP contribution in [0.5, 0.6) is 0 Å². The van der Waals surface area contributed by atoms with Crippen molar-refractivity contribution in [3.05, 3.63) is 35.6 Å². The van der Waals surface area contributed by atoms with E-state index in [1.165, 1.54) is 12.1 Å². The van der Waals surface area contributed by atoms with Crippen LogP contribution in [0.1, 0.15) is 25.0 Å². The maximum atomic E-state index is 13.1. The highest BCUT2D eigenvalue weighted by Gasteiger charge is 2.30. The molecule has 134 valence electrons. The van der Waals surface area contributed by atoms with Crippen LogP contribution in [0, 0.1) is 5.82 Å². The number of amides is 1. The molecular formula is C17H24ClFN2O2S. The lowest BCUT2D eigenvalue weighted by Gasteiger charge is -2.38. The van der Waals surface area contributed by atoms with Gasteiger partial charge in [-0.15, -0.1) is 12.4 Å². The summed E-state index contributed by atoms with van der Waals surface area (Å²) in [6.45, 7) is 4.11. The van der Waals surface area contributed by atoms with Gasteiger partial charge in [0.1, 0.15) is 11.9 Å². The molecule has 1 amide bonds. The topological polar surface area (TPSA) is 41.6 Å². The first-order valence-electron chi connectivity index (χ1n) is 8.11. The Morgan fingerprint density at radius 2 is 2.12 bits per heavy atom. The summed E-state index contributed by atoms with van der Waals surface area (Å²) < 4.78 is 19.0. The van der Waals surface area contributed by atoms with E-state index in [0.29, 0.717) is 19.5 Å². The van der Waals surface area contributed by atoms with Gasteiger partial charge in [-0.2, -0.15) is 11.8 Å². The van der Waals surface area contributed by atoms with Crippen LogP contribution < -0.4 is 5.32 Å². The molecule has 3 rings (SSSR count). The highest BCUT2D eigenvalue weighted by atomic mass is 35.5. The van der Waals surface area contributed by atoms with E-state index in [4.69, 9.17) is 4.74 Å². The number of hydrogen-bond donors (Lipinski definition) is 1. The molecule has 3 atom stereocenters. The third kappa shape index (κ3) is 5.09. The fraction of sp³-hybridized carbons (Fsp3) is 0.588. The summed E-state index contributed by atoms with van der Waals surface area (Å²) in [7, 11) is 0. The van der Waals surface area contributed by atoms with Crippen molar-refractivity contribution in [2.75, 3.05) is 31.1 Å². The number of nitrogens with one attached hydrogen (secondary N) is 1. The summed E-state index contributed by atoms with van der Waals surface area (Å²) in [4.78, 5) is 14.5. The number of hydrogen-bond acceptors (Lipinski definition) is 4. The third-order valence-corrected chi connectivity index (χ3v) is 5.41. The Labute approximate surface area is 152 Å². The number of carbonyl (C=O) groups excluding carboxylic acids is 1. The molecule has 2 aliphatic heterocycles. The second-order valence-electron chi connectivity index (χ2n) is 6.22.